The molecule has 21 heavy (non-hydrogen) atoms. The van der Waals surface area contributed by atoms with Gasteiger partial charge in [0.15, 0.2) is 0 Å². The van der Waals surface area contributed by atoms with Gasteiger partial charge in [0, 0.05) is 11.1 Å². The molecule has 6 heteroatoms. The van der Waals surface area contributed by atoms with Crippen LogP contribution in [0.3, 0.4) is 0 Å². The number of amides is 1. The summed E-state index contributed by atoms with van der Waals surface area (Å²) in [5.74, 6) is -0.209. The number of carbonyl (C=O) groups is 1. The van der Waals surface area contributed by atoms with Gasteiger partial charge in [-0.3, -0.25) is 4.79 Å². The Morgan fingerprint density at radius 1 is 1.33 bits per heavy atom. The van der Waals surface area contributed by atoms with Crippen molar-refractivity contribution < 1.29 is 13.2 Å². The van der Waals surface area contributed by atoms with Gasteiger partial charge in [-0.1, -0.05) is 19.9 Å². The summed E-state index contributed by atoms with van der Waals surface area (Å²) >= 11 is 0. The number of sulfonamides is 1. The quantitative estimate of drug-likeness (QED) is 0.871. The number of rotatable bonds is 5. The Kier molecular flexibility index (Phi) is 4.39. The highest BCUT2D eigenvalue weighted by molar-refractivity contribution is 7.89. The summed E-state index contributed by atoms with van der Waals surface area (Å²) in [5.41, 5.74) is 1.11. The number of hydrogen-bond donors (Lipinski definition) is 2. The fourth-order valence-corrected chi connectivity index (χ4v) is 3.27. The zero-order valence-corrected chi connectivity index (χ0v) is 13.3. The third-order valence-electron chi connectivity index (χ3n) is 4.40. The van der Waals surface area contributed by atoms with E-state index in [0.717, 1.165) is 31.2 Å². The molecule has 0 radical (unpaired) electrons. The van der Waals surface area contributed by atoms with Crippen LogP contribution in [0.5, 0.6) is 0 Å². The minimum absolute atomic E-state index is 0.0241. The van der Waals surface area contributed by atoms with Gasteiger partial charge in [-0.15, -0.1) is 0 Å². The van der Waals surface area contributed by atoms with Crippen LogP contribution in [0.2, 0.25) is 0 Å². The first kappa shape index (κ1) is 16.0. The average molecular weight is 310 g/mol. The first-order valence-corrected chi connectivity index (χ1v) is 8.84. The summed E-state index contributed by atoms with van der Waals surface area (Å²) in [6.07, 6.45) is 4.62. The van der Waals surface area contributed by atoms with E-state index in [-0.39, 0.29) is 16.3 Å². The Labute approximate surface area is 126 Å². The zero-order chi connectivity index (χ0) is 15.7. The van der Waals surface area contributed by atoms with Crippen molar-refractivity contribution in [1.29, 1.82) is 0 Å². The molecule has 0 saturated heterocycles. The molecular formula is C15H22N2O3S. The Bertz CT molecular complexity index is 643. The van der Waals surface area contributed by atoms with Crippen molar-refractivity contribution >= 4 is 15.9 Å². The standard InChI is InChI=1S/C15H22N2O3S/c1-3-11-6-7-12(21(16,19)20)10-13(11)14(18)17-15(4-2)8-5-9-15/h6-7,10H,3-5,8-9H2,1-2H3,(H,17,18)(H2,16,19,20). The van der Waals surface area contributed by atoms with Gasteiger partial charge in [0.1, 0.15) is 0 Å². The van der Waals surface area contributed by atoms with Gasteiger partial charge in [0.2, 0.25) is 10.0 Å². The Morgan fingerprint density at radius 3 is 2.43 bits per heavy atom. The van der Waals surface area contributed by atoms with Gasteiger partial charge in [-0.25, -0.2) is 13.6 Å². The lowest BCUT2D eigenvalue weighted by atomic mass is 9.74. The molecule has 1 aromatic carbocycles. The van der Waals surface area contributed by atoms with Crippen LogP contribution in [-0.2, 0) is 16.4 Å². The summed E-state index contributed by atoms with van der Waals surface area (Å²) in [5, 5.41) is 8.22. The van der Waals surface area contributed by atoms with Crippen molar-refractivity contribution in [3.8, 4) is 0 Å². The summed E-state index contributed by atoms with van der Waals surface area (Å²) in [7, 11) is -3.80. The molecule has 0 bridgehead atoms. The summed E-state index contributed by atoms with van der Waals surface area (Å²) in [6.45, 7) is 3.99. The normalized spacial score (nSPS) is 17.1. The number of nitrogens with one attached hydrogen (secondary N) is 1. The van der Waals surface area contributed by atoms with E-state index in [9.17, 15) is 13.2 Å². The lowest BCUT2D eigenvalue weighted by Crippen LogP contribution is -2.53. The molecule has 1 aliphatic rings. The molecule has 1 saturated carbocycles. The van der Waals surface area contributed by atoms with E-state index < -0.39 is 10.0 Å². The van der Waals surface area contributed by atoms with Crippen molar-refractivity contribution in [2.24, 2.45) is 5.14 Å². The van der Waals surface area contributed by atoms with Crippen molar-refractivity contribution in [3.05, 3.63) is 29.3 Å². The summed E-state index contributed by atoms with van der Waals surface area (Å²) in [6, 6.07) is 4.49. The smallest absolute Gasteiger partial charge is 0.252 e. The van der Waals surface area contributed by atoms with Crippen LogP contribution in [0.4, 0.5) is 0 Å². The van der Waals surface area contributed by atoms with Crippen LogP contribution in [0.25, 0.3) is 0 Å². The molecule has 0 spiro atoms. The highest BCUT2D eigenvalue weighted by Gasteiger charge is 2.36. The maximum Gasteiger partial charge on any atom is 0.252 e. The minimum Gasteiger partial charge on any atom is -0.347 e. The van der Waals surface area contributed by atoms with E-state index in [4.69, 9.17) is 5.14 Å². The van der Waals surface area contributed by atoms with Crippen molar-refractivity contribution in [2.75, 3.05) is 0 Å². The van der Waals surface area contributed by atoms with Gasteiger partial charge < -0.3 is 5.32 Å². The first-order chi connectivity index (χ1) is 9.81. The van der Waals surface area contributed by atoms with Crippen molar-refractivity contribution in [3.63, 3.8) is 0 Å². The highest BCUT2D eigenvalue weighted by Crippen LogP contribution is 2.35. The molecule has 116 valence electrons. The van der Waals surface area contributed by atoms with Crippen LogP contribution in [0.1, 0.15) is 55.5 Å². The van der Waals surface area contributed by atoms with E-state index in [1.807, 2.05) is 6.92 Å². The molecule has 1 aliphatic carbocycles. The largest absolute Gasteiger partial charge is 0.347 e. The molecule has 0 aromatic heterocycles. The number of benzene rings is 1. The van der Waals surface area contributed by atoms with Crippen LogP contribution in [0.15, 0.2) is 23.1 Å². The number of carbonyl (C=O) groups excluding carboxylic acids is 1. The van der Waals surface area contributed by atoms with Crippen LogP contribution in [0, 0.1) is 0 Å². The number of primary sulfonamides is 1. The topological polar surface area (TPSA) is 89.3 Å². The third kappa shape index (κ3) is 3.27. The number of aryl methyl sites for hydroxylation is 1. The SMILES string of the molecule is CCc1ccc(S(N)(=O)=O)cc1C(=O)NC1(CC)CCC1. The highest BCUT2D eigenvalue weighted by atomic mass is 32.2. The van der Waals surface area contributed by atoms with Crippen molar-refractivity contribution in [2.45, 2.75) is 56.4 Å². The van der Waals surface area contributed by atoms with E-state index in [1.165, 1.54) is 12.1 Å². The molecule has 5 nitrogen and oxygen atoms in total. The predicted molar refractivity (Wildman–Crippen MR) is 81.5 cm³/mol. The minimum atomic E-state index is -3.80. The van der Waals surface area contributed by atoms with E-state index >= 15 is 0 Å². The number of nitrogens with two attached hydrogens (primary N) is 1. The lowest BCUT2D eigenvalue weighted by Gasteiger charge is -2.42. The Balaban J connectivity index is 2.34. The lowest BCUT2D eigenvalue weighted by molar-refractivity contribution is 0.0819. The molecule has 1 amide bonds. The zero-order valence-electron chi connectivity index (χ0n) is 12.5. The Hall–Kier alpha value is -1.40. The third-order valence-corrected chi connectivity index (χ3v) is 5.31. The Morgan fingerprint density at radius 2 is 2.00 bits per heavy atom. The fraction of sp³-hybridized carbons (Fsp3) is 0.533. The molecule has 1 aromatic rings. The molecule has 2 rings (SSSR count). The van der Waals surface area contributed by atoms with E-state index in [1.54, 1.807) is 6.07 Å². The monoisotopic (exact) mass is 310 g/mol. The molecule has 0 atom stereocenters. The maximum atomic E-state index is 12.5. The molecule has 3 N–H and O–H groups in total. The number of hydrogen-bond acceptors (Lipinski definition) is 3. The predicted octanol–water partition coefficient (Wildman–Crippen LogP) is 1.96. The van der Waals surface area contributed by atoms with Gasteiger partial charge in [-0.05, 0) is 49.8 Å². The summed E-state index contributed by atoms with van der Waals surface area (Å²) < 4.78 is 22.9. The second-order valence-electron chi connectivity index (χ2n) is 5.66. The molecular weight excluding hydrogens is 288 g/mol. The second-order valence-corrected chi connectivity index (χ2v) is 7.22. The second kappa shape index (κ2) is 5.77. The van der Waals surface area contributed by atoms with Crippen LogP contribution >= 0.6 is 0 Å². The first-order valence-electron chi connectivity index (χ1n) is 7.29. The van der Waals surface area contributed by atoms with E-state index in [0.29, 0.717) is 12.0 Å². The van der Waals surface area contributed by atoms with Gasteiger partial charge in [0.05, 0.1) is 4.90 Å². The van der Waals surface area contributed by atoms with Crippen molar-refractivity contribution in [1.82, 2.24) is 5.32 Å². The maximum absolute atomic E-state index is 12.5. The molecule has 0 aliphatic heterocycles. The van der Waals surface area contributed by atoms with Crippen LogP contribution < -0.4 is 10.5 Å². The fourth-order valence-electron chi connectivity index (χ4n) is 2.73. The molecule has 1 fully saturated rings. The van der Waals surface area contributed by atoms with Gasteiger partial charge in [0.25, 0.3) is 5.91 Å². The average Bonchev–Trinajstić information content (AvgIpc) is 2.40. The molecule has 0 heterocycles. The molecule has 0 unspecified atom stereocenters. The van der Waals surface area contributed by atoms with E-state index in [2.05, 4.69) is 12.2 Å². The van der Waals surface area contributed by atoms with Crippen LogP contribution in [-0.4, -0.2) is 19.9 Å². The van der Waals surface area contributed by atoms with Gasteiger partial charge in [-0.2, -0.15) is 0 Å². The van der Waals surface area contributed by atoms with Gasteiger partial charge >= 0.3 is 0 Å². The summed E-state index contributed by atoms with van der Waals surface area (Å²) in [4.78, 5) is 12.5.